The first-order chi connectivity index (χ1) is 8.75. The smallest absolute Gasteiger partial charge is 0.359 e. The Hall–Kier alpha value is -2.04. The Balaban J connectivity index is 1.73. The van der Waals surface area contributed by atoms with Crippen molar-refractivity contribution in [3.05, 3.63) is 35.9 Å². The summed E-state index contributed by atoms with van der Waals surface area (Å²) in [6.07, 6.45) is 0.690. The Morgan fingerprint density at radius 1 is 1.17 bits per heavy atom. The molecular formula is C13H16N2O3. The van der Waals surface area contributed by atoms with Gasteiger partial charge in [-0.05, 0) is 18.4 Å². The fourth-order valence-electron chi connectivity index (χ4n) is 1.85. The molecule has 0 radical (unpaired) electrons. The standard InChI is InChI=1S/C13H16N2O3/c16-12(14-10-11-6-2-1-3-7-11)18-13(17)15-8-4-5-9-15/h1-3,6-7H,4-5,8-10H2,(H,14,16). The molecule has 0 bridgehead atoms. The maximum absolute atomic E-state index is 11.5. The number of hydrogen-bond donors (Lipinski definition) is 1. The molecule has 1 saturated heterocycles. The van der Waals surface area contributed by atoms with Crippen LogP contribution in [-0.2, 0) is 11.3 Å². The average molecular weight is 248 g/mol. The maximum Gasteiger partial charge on any atom is 0.418 e. The summed E-state index contributed by atoms with van der Waals surface area (Å²) in [5.74, 6) is 0. The summed E-state index contributed by atoms with van der Waals surface area (Å²) in [6, 6.07) is 9.46. The van der Waals surface area contributed by atoms with Crippen LogP contribution in [0.3, 0.4) is 0 Å². The lowest BCUT2D eigenvalue weighted by molar-refractivity contribution is 0.124. The van der Waals surface area contributed by atoms with E-state index in [-0.39, 0.29) is 0 Å². The molecule has 1 aliphatic rings. The lowest BCUT2D eigenvalue weighted by Gasteiger charge is -2.14. The maximum atomic E-state index is 11.5. The van der Waals surface area contributed by atoms with E-state index in [4.69, 9.17) is 4.74 Å². The van der Waals surface area contributed by atoms with Gasteiger partial charge in [0.05, 0.1) is 0 Å². The highest BCUT2D eigenvalue weighted by Gasteiger charge is 2.21. The average Bonchev–Trinajstić information content (AvgIpc) is 2.91. The second-order valence-corrected chi connectivity index (χ2v) is 4.19. The largest absolute Gasteiger partial charge is 0.418 e. The third-order valence-corrected chi connectivity index (χ3v) is 2.82. The lowest BCUT2D eigenvalue weighted by Crippen LogP contribution is -2.34. The fourth-order valence-corrected chi connectivity index (χ4v) is 1.85. The number of nitrogens with one attached hydrogen (secondary N) is 1. The predicted molar refractivity (Wildman–Crippen MR) is 66.0 cm³/mol. The number of ether oxygens (including phenoxy) is 1. The zero-order chi connectivity index (χ0) is 12.8. The quantitative estimate of drug-likeness (QED) is 0.816. The fraction of sp³-hybridized carbons (Fsp3) is 0.385. The molecule has 5 heteroatoms. The van der Waals surface area contributed by atoms with Crippen molar-refractivity contribution in [3.63, 3.8) is 0 Å². The highest BCUT2D eigenvalue weighted by molar-refractivity contribution is 5.83. The molecule has 0 spiro atoms. The van der Waals surface area contributed by atoms with E-state index in [0.29, 0.717) is 19.6 Å². The molecule has 1 fully saturated rings. The molecule has 0 unspecified atom stereocenters. The molecule has 0 aliphatic carbocycles. The van der Waals surface area contributed by atoms with Crippen LogP contribution in [-0.4, -0.2) is 30.2 Å². The van der Waals surface area contributed by atoms with Gasteiger partial charge in [-0.2, -0.15) is 0 Å². The van der Waals surface area contributed by atoms with Crippen LogP contribution in [0.25, 0.3) is 0 Å². The van der Waals surface area contributed by atoms with Gasteiger partial charge in [-0.1, -0.05) is 30.3 Å². The van der Waals surface area contributed by atoms with Crippen molar-refractivity contribution in [1.82, 2.24) is 10.2 Å². The number of benzene rings is 1. The minimum absolute atomic E-state index is 0.354. The second kappa shape index (κ2) is 6.05. The van der Waals surface area contributed by atoms with Gasteiger partial charge in [-0.25, -0.2) is 9.59 Å². The summed E-state index contributed by atoms with van der Waals surface area (Å²) >= 11 is 0. The van der Waals surface area contributed by atoms with Crippen LogP contribution < -0.4 is 5.32 Å². The summed E-state index contributed by atoms with van der Waals surface area (Å²) in [4.78, 5) is 24.5. The van der Waals surface area contributed by atoms with Gasteiger partial charge >= 0.3 is 12.2 Å². The molecule has 5 nitrogen and oxygen atoms in total. The van der Waals surface area contributed by atoms with E-state index in [9.17, 15) is 9.59 Å². The summed E-state index contributed by atoms with van der Waals surface area (Å²) in [5, 5.41) is 2.54. The van der Waals surface area contributed by atoms with E-state index in [1.807, 2.05) is 30.3 Å². The van der Waals surface area contributed by atoms with E-state index in [2.05, 4.69) is 5.32 Å². The van der Waals surface area contributed by atoms with Gasteiger partial charge in [0.1, 0.15) is 0 Å². The molecule has 96 valence electrons. The Bertz CT molecular complexity index is 414. The predicted octanol–water partition coefficient (Wildman–Crippen LogP) is 2.13. The molecule has 2 amide bonds. The van der Waals surface area contributed by atoms with Crippen LogP contribution in [0.15, 0.2) is 30.3 Å². The van der Waals surface area contributed by atoms with Gasteiger partial charge in [0.25, 0.3) is 0 Å². The summed E-state index contributed by atoms with van der Waals surface area (Å²) in [7, 11) is 0. The summed E-state index contributed by atoms with van der Waals surface area (Å²) in [6.45, 7) is 1.70. The molecule has 1 heterocycles. The van der Waals surface area contributed by atoms with E-state index in [1.165, 1.54) is 0 Å². The molecule has 1 aromatic rings. The first kappa shape index (κ1) is 12.4. The van der Waals surface area contributed by atoms with Gasteiger partial charge in [0.15, 0.2) is 0 Å². The topological polar surface area (TPSA) is 58.6 Å². The van der Waals surface area contributed by atoms with Crippen molar-refractivity contribution in [3.8, 4) is 0 Å². The molecule has 1 N–H and O–H groups in total. The van der Waals surface area contributed by atoms with Crippen molar-refractivity contribution in [2.45, 2.75) is 19.4 Å². The Labute approximate surface area is 106 Å². The normalized spacial score (nSPS) is 14.3. The minimum atomic E-state index is -0.698. The number of rotatable bonds is 2. The lowest BCUT2D eigenvalue weighted by atomic mass is 10.2. The Morgan fingerprint density at radius 3 is 2.50 bits per heavy atom. The number of alkyl carbamates (subject to hydrolysis) is 1. The number of hydrogen-bond acceptors (Lipinski definition) is 3. The number of carbonyl (C=O) groups is 2. The van der Waals surface area contributed by atoms with Crippen LogP contribution in [0.2, 0.25) is 0 Å². The van der Waals surface area contributed by atoms with Gasteiger partial charge in [-0.3, -0.25) is 0 Å². The van der Waals surface area contributed by atoms with Crippen molar-refractivity contribution in [2.24, 2.45) is 0 Å². The second-order valence-electron chi connectivity index (χ2n) is 4.19. The Morgan fingerprint density at radius 2 is 1.83 bits per heavy atom. The SMILES string of the molecule is O=C(NCc1ccccc1)OC(=O)N1CCCC1. The minimum Gasteiger partial charge on any atom is -0.359 e. The first-order valence-electron chi connectivity index (χ1n) is 6.04. The third-order valence-electron chi connectivity index (χ3n) is 2.82. The van der Waals surface area contributed by atoms with Gasteiger partial charge in [-0.15, -0.1) is 0 Å². The molecule has 1 aliphatic heterocycles. The number of likely N-dealkylation sites (tertiary alicyclic amines) is 1. The molecule has 18 heavy (non-hydrogen) atoms. The molecule has 2 rings (SSSR count). The van der Waals surface area contributed by atoms with E-state index >= 15 is 0 Å². The van der Waals surface area contributed by atoms with Crippen molar-refractivity contribution in [1.29, 1.82) is 0 Å². The van der Waals surface area contributed by atoms with Crippen LogP contribution in [0.5, 0.6) is 0 Å². The van der Waals surface area contributed by atoms with Gasteiger partial charge in [0, 0.05) is 19.6 Å². The molecule has 0 saturated carbocycles. The highest BCUT2D eigenvalue weighted by atomic mass is 16.6. The van der Waals surface area contributed by atoms with Crippen molar-refractivity contribution in [2.75, 3.05) is 13.1 Å². The molecular weight excluding hydrogens is 232 g/mol. The number of carbonyl (C=O) groups excluding carboxylic acids is 2. The van der Waals surface area contributed by atoms with E-state index < -0.39 is 12.2 Å². The first-order valence-corrected chi connectivity index (χ1v) is 6.04. The van der Waals surface area contributed by atoms with Crippen molar-refractivity contribution < 1.29 is 14.3 Å². The third kappa shape index (κ3) is 3.48. The van der Waals surface area contributed by atoms with Crippen LogP contribution in [0.4, 0.5) is 9.59 Å². The van der Waals surface area contributed by atoms with Gasteiger partial charge < -0.3 is 15.0 Å². The van der Waals surface area contributed by atoms with Gasteiger partial charge in [0.2, 0.25) is 0 Å². The summed E-state index contributed by atoms with van der Waals surface area (Å²) < 4.78 is 4.69. The number of nitrogens with zero attached hydrogens (tertiary/aromatic N) is 1. The van der Waals surface area contributed by atoms with E-state index in [1.54, 1.807) is 4.90 Å². The highest BCUT2D eigenvalue weighted by Crippen LogP contribution is 2.08. The molecule has 0 aromatic heterocycles. The van der Waals surface area contributed by atoms with E-state index in [0.717, 1.165) is 18.4 Å². The number of amides is 2. The monoisotopic (exact) mass is 248 g/mol. The summed E-state index contributed by atoms with van der Waals surface area (Å²) in [5.41, 5.74) is 0.961. The van der Waals surface area contributed by atoms with Crippen LogP contribution >= 0.6 is 0 Å². The van der Waals surface area contributed by atoms with Crippen LogP contribution in [0.1, 0.15) is 18.4 Å². The van der Waals surface area contributed by atoms with Crippen LogP contribution in [0, 0.1) is 0 Å². The zero-order valence-electron chi connectivity index (χ0n) is 10.1. The molecule has 1 aromatic carbocycles. The zero-order valence-corrected chi connectivity index (χ0v) is 10.1. The Kier molecular flexibility index (Phi) is 4.17. The molecule has 0 atom stereocenters. The van der Waals surface area contributed by atoms with Crippen molar-refractivity contribution >= 4 is 12.2 Å².